The summed E-state index contributed by atoms with van der Waals surface area (Å²) in [5, 5.41) is 0. The molecule has 1 aliphatic rings. The fourth-order valence-electron chi connectivity index (χ4n) is 4.39. The monoisotopic (exact) mass is 482 g/mol. The van der Waals surface area contributed by atoms with E-state index >= 15 is 0 Å². The summed E-state index contributed by atoms with van der Waals surface area (Å²) in [4.78, 5) is 17.2. The van der Waals surface area contributed by atoms with Gasteiger partial charge in [-0.3, -0.25) is 4.79 Å². The van der Waals surface area contributed by atoms with Crippen molar-refractivity contribution in [3.8, 4) is 11.3 Å². The van der Waals surface area contributed by atoms with Crippen LogP contribution in [-0.2, 0) is 26.2 Å². The summed E-state index contributed by atoms with van der Waals surface area (Å²) < 4.78 is 39.5. The van der Waals surface area contributed by atoms with Crippen molar-refractivity contribution >= 4 is 16.0 Å². The maximum Gasteiger partial charge on any atom is 0.309 e. The number of carbonyl (C=O) groups excluding carboxylic acids is 1. The van der Waals surface area contributed by atoms with Crippen LogP contribution in [0.3, 0.4) is 0 Å². The van der Waals surface area contributed by atoms with Gasteiger partial charge in [0.1, 0.15) is 0 Å². The highest BCUT2D eigenvalue weighted by atomic mass is 32.2. The molecule has 7 nitrogen and oxygen atoms in total. The summed E-state index contributed by atoms with van der Waals surface area (Å²) in [5.74, 6) is 0.238. The molecule has 0 unspecified atom stereocenters. The van der Waals surface area contributed by atoms with E-state index in [9.17, 15) is 13.2 Å². The molecule has 4 rings (SSSR count). The van der Waals surface area contributed by atoms with Crippen molar-refractivity contribution < 1.29 is 22.4 Å². The maximum absolute atomic E-state index is 13.4. The van der Waals surface area contributed by atoms with Crippen molar-refractivity contribution in [2.24, 2.45) is 5.92 Å². The van der Waals surface area contributed by atoms with Gasteiger partial charge in [0.25, 0.3) is 0 Å². The van der Waals surface area contributed by atoms with Crippen LogP contribution in [0.5, 0.6) is 0 Å². The zero-order valence-corrected chi connectivity index (χ0v) is 20.8. The molecule has 34 heavy (non-hydrogen) atoms. The zero-order chi connectivity index (χ0) is 24.5. The Morgan fingerprint density at radius 2 is 1.68 bits per heavy atom. The first-order valence-electron chi connectivity index (χ1n) is 11.4. The van der Waals surface area contributed by atoms with Gasteiger partial charge in [0.05, 0.1) is 17.0 Å². The second-order valence-corrected chi connectivity index (χ2v) is 10.7. The Hall–Kier alpha value is -2.97. The smallest absolute Gasteiger partial charge is 0.309 e. The van der Waals surface area contributed by atoms with Gasteiger partial charge in [0.2, 0.25) is 15.9 Å². The predicted molar refractivity (Wildman–Crippen MR) is 129 cm³/mol. The second kappa shape index (κ2) is 9.72. The summed E-state index contributed by atoms with van der Waals surface area (Å²) in [5.41, 5.74) is 4.38. The molecule has 0 aliphatic carbocycles. The minimum atomic E-state index is -3.64. The number of aryl methyl sites for hydroxylation is 2. The van der Waals surface area contributed by atoms with Crippen LogP contribution in [0.25, 0.3) is 11.3 Å². The molecule has 2 heterocycles. The van der Waals surface area contributed by atoms with Gasteiger partial charge in [-0.25, -0.2) is 13.4 Å². The van der Waals surface area contributed by atoms with E-state index in [1.165, 1.54) is 4.31 Å². The van der Waals surface area contributed by atoms with Crippen LogP contribution in [0.2, 0.25) is 0 Å². The number of aromatic nitrogens is 1. The van der Waals surface area contributed by atoms with Crippen molar-refractivity contribution in [2.45, 2.75) is 52.0 Å². The highest BCUT2D eigenvalue weighted by molar-refractivity contribution is 7.89. The van der Waals surface area contributed by atoms with Gasteiger partial charge in [0.15, 0.2) is 12.4 Å². The fraction of sp³-hybridized carbons (Fsp3) is 0.385. The SMILES string of the molecule is Cc1cc(C)c(C)c(S(=O)(=O)N2CCC(C(=O)OCc3ncc(-c4ccccc4)o3)CC2)c1C. The molecule has 1 aromatic heterocycles. The van der Waals surface area contributed by atoms with Crippen LogP contribution in [0.1, 0.15) is 41.0 Å². The van der Waals surface area contributed by atoms with Crippen LogP contribution in [0.4, 0.5) is 0 Å². The minimum absolute atomic E-state index is 0.0505. The number of oxazole rings is 1. The third-order valence-electron chi connectivity index (χ3n) is 6.63. The molecule has 0 amide bonds. The van der Waals surface area contributed by atoms with E-state index in [1.54, 1.807) is 6.20 Å². The van der Waals surface area contributed by atoms with E-state index in [4.69, 9.17) is 9.15 Å². The summed E-state index contributed by atoms with van der Waals surface area (Å²) in [6, 6.07) is 11.6. The van der Waals surface area contributed by atoms with Gasteiger partial charge in [-0.1, -0.05) is 36.4 Å². The molecular formula is C26H30N2O5S. The first kappa shape index (κ1) is 24.2. The molecule has 0 saturated carbocycles. The van der Waals surface area contributed by atoms with E-state index in [0.29, 0.717) is 29.4 Å². The molecule has 0 spiro atoms. The number of nitrogens with zero attached hydrogens (tertiary/aromatic N) is 2. The number of hydrogen-bond acceptors (Lipinski definition) is 6. The van der Waals surface area contributed by atoms with Crippen molar-refractivity contribution in [3.63, 3.8) is 0 Å². The zero-order valence-electron chi connectivity index (χ0n) is 20.0. The number of sulfonamides is 1. The Morgan fingerprint density at radius 3 is 2.29 bits per heavy atom. The highest BCUT2D eigenvalue weighted by Gasteiger charge is 2.35. The number of ether oxygens (including phenoxy) is 1. The van der Waals surface area contributed by atoms with E-state index in [2.05, 4.69) is 4.98 Å². The number of piperidine rings is 1. The number of esters is 1. The molecule has 1 aliphatic heterocycles. The lowest BCUT2D eigenvalue weighted by molar-refractivity contribution is -0.151. The second-order valence-electron chi connectivity index (χ2n) is 8.86. The molecule has 1 saturated heterocycles. The van der Waals surface area contributed by atoms with Gasteiger partial charge in [0, 0.05) is 18.7 Å². The summed E-state index contributed by atoms with van der Waals surface area (Å²) in [6.07, 6.45) is 2.45. The molecule has 2 aromatic carbocycles. The lowest BCUT2D eigenvalue weighted by Gasteiger charge is -2.31. The first-order chi connectivity index (χ1) is 16.2. The number of carbonyl (C=O) groups is 1. The van der Waals surface area contributed by atoms with E-state index in [-0.39, 0.29) is 31.6 Å². The third kappa shape index (κ3) is 4.79. The van der Waals surface area contributed by atoms with Crippen LogP contribution in [0.15, 0.2) is 51.9 Å². The Kier molecular flexibility index (Phi) is 6.91. The van der Waals surface area contributed by atoms with Crippen LogP contribution in [-0.4, -0.2) is 36.8 Å². The number of rotatable bonds is 6. The van der Waals surface area contributed by atoms with Crippen LogP contribution in [0, 0.1) is 33.6 Å². The van der Waals surface area contributed by atoms with Gasteiger partial charge in [-0.2, -0.15) is 4.31 Å². The predicted octanol–water partition coefficient (Wildman–Crippen LogP) is 4.72. The summed E-state index contributed by atoms with van der Waals surface area (Å²) >= 11 is 0. The van der Waals surface area contributed by atoms with Crippen LogP contribution >= 0.6 is 0 Å². The number of hydrogen-bond donors (Lipinski definition) is 0. The standard InChI is InChI=1S/C26H30N2O5S/c1-17-14-18(2)20(4)25(19(17)3)34(30,31)28-12-10-22(11-13-28)26(29)32-16-24-27-15-23(33-24)21-8-6-5-7-9-21/h5-9,14-15,22H,10-13,16H2,1-4H3. The van der Waals surface area contributed by atoms with Gasteiger partial charge in [-0.15, -0.1) is 0 Å². The van der Waals surface area contributed by atoms with Gasteiger partial charge >= 0.3 is 5.97 Å². The highest BCUT2D eigenvalue weighted by Crippen LogP contribution is 2.31. The maximum atomic E-state index is 13.4. The average molecular weight is 483 g/mol. The molecular weight excluding hydrogens is 452 g/mol. The van der Waals surface area contributed by atoms with Crippen LogP contribution < -0.4 is 0 Å². The minimum Gasteiger partial charge on any atom is -0.455 e. The van der Waals surface area contributed by atoms with E-state index in [0.717, 1.165) is 27.8 Å². The molecule has 0 atom stereocenters. The number of benzene rings is 2. The summed E-state index contributed by atoms with van der Waals surface area (Å²) in [6.45, 7) is 8.08. The lowest BCUT2D eigenvalue weighted by Crippen LogP contribution is -2.41. The molecule has 1 fully saturated rings. The quantitative estimate of drug-likeness (QED) is 0.472. The van der Waals surface area contributed by atoms with Crippen molar-refractivity contribution in [1.29, 1.82) is 0 Å². The Morgan fingerprint density at radius 1 is 1.06 bits per heavy atom. The van der Waals surface area contributed by atoms with Crippen molar-refractivity contribution in [1.82, 2.24) is 9.29 Å². The molecule has 0 radical (unpaired) electrons. The fourth-order valence-corrected chi connectivity index (χ4v) is 6.44. The Bertz CT molecular complexity index is 1260. The van der Waals surface area contributed by atoms with Crippen molar-refractivity contribution in [3.05, 3.63) is 70.7 Å². The topological polar surface area (TPSA) is 89.7 Å². The molecule has 0 N–H and O–H groups in total. The van der Waals surface area contributed by atoms with Gasteiger partial charge in [-0.05, 0) is 62.8 Å². The largest absolute Gasteiger partial charge is 0.455 e. The van der Waals surface area contributed by atoms with E-state index in [1.807, 2.05) is 64.1 Å². The Balaban J connectivity index is 1.36. The average Bonchev–Trinajstić information content (AvgIpc) is 3.31. The molecule has 8 heteroatoms. The summed E-state index contributed by atoms with van der Waals surface area (Å²) in [7, 11) is -3.64. The normalized spacial score (nSPS) is 15.4. The third-order valence-corrected chi connectivity index (χ3v) is 8.81. The van der Waals surface area contributed by atoms with Crippen molar-refractivity contribution in [2.75, 3.05) is 13.1 Å². The Labute approximate surface area is 200 Å². The van der Waals surface area contributed by atoms with E-state index < -0.39 is 10.0 Å². The molecule has 180 valence electrons. The molecule has 0 bridgehead atoms. The first-order valence-corrected chi connectivity index (χ1v) is 12.9. The van der Waals surface area contributed by atoms with Gasteiger partial charge < -0.3 is 9.15 Å². The molecule has 3 aromatic rings. The lowest BCUT2D eigenvalue weighted by atomic mass is 9.98.